The average molecular weight is 1150 g/mol. The molecule has 8 nitrogen and oxygen atoms in total. The van der Waals surface area contributed by atoms with Crippen LogP contribution in [-0.4, -0.2) is 115 Å². The van der Waals surface area contributed by atoms with Crippen molar-refractivity contribution in [1.82, 2.24) is 9.80 Å². The van der Waals surface area contributed by atoms with Crippen molar-refractivity contribution in [3.8, 4) is 0 Å². The molecule has 4 N–H and O–H groups in total. The molecule has 2 heterocycles. The number of ether oxygens (including phenoxy) is 4. The topological polar surface area (TPSA) is 95.4 Å². The van der Waals surface area contributed by atoms with E-state index in [9.17, 15) is 0 Å². The summed E-state index contributed by atoms with van der Waals surface area (Å²) in [6, 6.07) is 0. The predicted molar refractivity (Wildman–Crippen MR) is 343 cm³/mol. The minimum atomic E-state index is -0.193. The quantitative estimate of drug-likeness (QED) is 0.0730. The molecule has 2 fully saturated rings. The molecule has 2 aliphatic heterocycles. The van der Waals surface area contributed by atoms with Crippen LogP contribution in [0.25, 0.3) is 178 Å². The van der Waals surface area contributed by atoms with Crippen LogP contribution in [0.4, 0.5) is 0 Å². The van der Waals surface area contributed by atoms with Crippen LogP contribution in [0.3, 0.4) is 0 Å². The number of nitrogens with zero attached hydrogens (tertiary/aromatic N) is 2. The Morgan fingerprint density at radius 2 is 0.791 bits per heavy atom. The van der Waals surface area contributed by atoms with Crippen LogP contribution in [0.5, 0.6) is 0 Å². The highest BCUT2D eigenvalue weighted by molar-refractivity contribution is 6.70. The molecule has 16 aliphatic carbocycles. The van der Waals surface area contributed by atoms with Crippen LogP contribution < -0.4 is 16.7 Å². The third kappa shape index (κ3) is 2.63. The normalized spacial score (nSPS) is 32.7. The van der Waals surface area contributed by atoms with E-state index in [-0.39, 0.29) is 46.5 Å². The maximum atomic E-state index is 6.66. The lowest BCUT2D eigenvalue weighted by molar-refractivity contribution is 0.0425. The molecule has 2 saturated heterocycles. The molecule has 0 bridgehead atoms. The number of likely N-dealkylation sites (tertiary alicyclic amines) is 2. The first-order valence-electron chi connectivity index (χ1n) is 32.7. The maximum absolute atomic E-state index is 6.66. The summed E-state index contributed by atoms with van der Waals surface area (Å²) in [6.45, 7) is 12.5. The summed E-state index contributed by atoms with van der Waals surface area (Å²) in [5.74, 6) is 2.31. The van der Waals surface area contributed by atoms with Crippen molar-refractivity contribution >= 4 is 203 Å². The van der Waals surface area contributed by atoms with E-state index in [2.05, 4.69) is 9.80 Å². The molecule has 10 unspecified atom stereocenters. The van der Waals surface area contributed by atoms with Gasteiger partial charge in [-0.2, -0.15) is 0 Å². The molecule has 18 aliphatic rings. The Kier molecular flexibility index (Phi) is 5.07. The molecule has 34 rings (SSSR count). The second kappa shape index (κ2) is 10.6. The van der Waals surface area contributed by atoms with Crippen LogP contribution in [0, 0.1) is 5.41 Å². The van der Waals surface area contributed by atoms with E-state index < -0.39 is 0 Å². The fourth-order valence-corrected chi connectivity index (χ4v) is 30.8. The fourth-order valence-electron chi connectivity index (χ4n) is 30.8. The molecular weight excluding hydrogens is 1100 g/mol. The summed E-state index contributed by atoms with van der Waals surface area (Å²) >= 11 is 0. The summed E-state index contributed by atoms with van der Waals surface area (Å²) in [5.41, 5.74) is 46.5. The highest BCUT2D eigenvalue weighted by Crippen LogP contribution is 2.95. The van der Waals surface area contributed by atoms with E-state index >= 15 is 0 Å². The van der Waals surface area contributed by atoms with E-state index in [1.165, 1.54) is 0 Å². The lowest BCUT2D eigenvalue weighted by atomic mass is 9.42. The Hall–Kier alpha value is -6.24. The third-order valence-electron chi connectivity index (χ3n) is 30.6. The molecule has 0 aromatic heterocycles. The zero-order valence-electron chi connectivity index (χ0n) is 46.3. The van der Waals surface area contributed by atoms with Gasteiger partial charge in [0.2, 0.25) is 0 Å². The molecular formula is C76H44Cl2N4O4. The SMILES string of the molecule is Cl.Cl.NCCOCCOCCN1CC23C4=c5c6c7c8c9c%10c%11c%12c%13c%14c%15c%16c%17c%18c%19c%20c%21c%22c%23c%24c(c2c%22c2c%22c%25c%26c(c5c(c6%10)c5c%11c6c%13c(c%14%18)c%10c%19c(c%212)c%25c%10c6c%265)C%223C1)C4C7C1=C%24C(=C%16C2(CN(CCOCCOCCN)CC182)C%15C9%12)C%23C%17%20. The molecule has 10 atom stereocenters. The number of hydrogen-bond acceptors (Lipinski definition) is 8. The van der Waals surface area contributed by atoms with Gasteiger partial charge in [0.1, 0.15) is 0 Å². The number of allylic oxidation sites excluding steroid dienone is 2. The third-order valence-corrected chi connectivity index (χ3v) is 30.6. The lowest BCUT2D eigenvalue weighted by Gasteiger charge is -2.58. The largest absolute Gasteiger partial charge is 0.378 e. The van der Waals surface area contributed by atoms with Gasteiger partial charge < -0.3 is 30.4 Å². The van der Waals surface area contributed by atoms with Gasteiger partial charge in [0.25, 0.3) is 0 Å². The van der Waals surface area contributed by atoms with Crippen molar-refractivity contribution in [3.05, 3.63) is 94.3 Å². The summed E-state index contributed by atoms with van der Waals surface area (Å²) in [7, 11) is 0. The Morgan fingerprint density at radius 1 is 0.337 bits per heavy atom. The Bertz CT molecular complexity index is 6730. The Balaban J connectivity index is 0.00000210. The smallest absolute Gasteiger partial charge is 0.0701 e. The van der Waals surface area contributed by atoms with E-state index in [0.29, 0.717) is 88.2 Å². The van der Waals surface area contributed by atoms with Gasteiger partial charge >= 0.3 is 0 Å². The maximum Gasteiger partial charge on any atom is 0.0701 e. The number of nitrogens with two attached hydrogens (primary N) is 2. The van der Waals surface area contributed by atoms with Crippen molar-refractivity contribution < 1.29 is 18.9 Å². The zero-order chi connectivity index (χ0) is 51.6. The molecule has 86 heavy (non-hydrogen) atoms. The van der Waals surface area contributed by atoms with E-state index in [1.54, 1.807) is 167 Å². The van der Waals surface area contributed by atoms with Crippen molar-refractivity contribution in [3.63, 3.8) is 0 Å². The summed E-state index contributed by atoms with van der Waals surface area (Å²) in [5, 5.41) is 53.8. The highest BCUT2D eigenvalue weighted by atomic mass is 35.5. The summed E-state index contributed by atoms with van der Waals surface area (Å²) in [4.78, 5) is 6.05. The second-order valence-corrected chi connectivity index (χ2v) is 31.2. The molecule has 0 amide bonds. The van der Waals surface area contributed by atoms with Gasteiger partial charge in [-0.1, -0.05) is 0 Å². The molecule has 0 saturated carbocycles. The minimum absolute atomic E-state index is 0. The van der Waals surface area contributed by atoms with Crippen LogP contribution in [0.15, 0.2) is 11.1 Å². The number of rotatable bonds is 16. The molecule has 16 aromatic carbocycles. The van der Waals surface area contributed by atoms with Crippen molar-refractivity contribution in [2.24, 2.45) is 16.9 Å². The fraction of sp³-hybridized carbons (Fsp3) is 0.342. The van der Waals surface area contributed by atoms with E-state index in [0.717, 1.165) is 52.5 Å². The van der Waals surface area contributed by atoms with Crippen LogP contribution in [0.1, 0.15) is 113 Å². The van der Waals surface area contributed by atoms with Crippen molar-refractivity contribution in [2.75, 3.05) is 105 Å². The highest BCUT2D eigenvalue weighted by Gasteiger charge is 2.85. The van der Waals surface area contributed by atoms with Crippen LogP contribution in [0.2, 0.25) is 0 Å². The Labute approximate surface area is 497 Å². The van der Waals surface area contributed by atoms with Gasteiger partial charge in [-0.3, -0.25) is 9.80 Å². The predicted octanol–water partition coefficient (Wildman–Crippen LogP) is 11.6. The van der Waals surface area contributed by atoms with Crippen LogP contribution >= 0.6 is 24.8 Å². The Morgan fingerprint density at radius 3 is 1.47 bits per heavy atom. The summed E-state index contributed by atoms with van der Waals surface area (Å²) in [6.07, 6.45) is 0. The average Bonchev–Trinajstić information content (AvgIpc) is 1.38. The first-order chi connectivity index (χ1) is 41.8. The molecule has 4 spiro atoms. The van der Waals surface area contributed by atoms with Gasteiger partial charge in [0.15, 0.2) is 0 Å². The van der Waals surface area contributed by atoms with Crippen molar-refractivity contribution in [1.29, 1.82) is 0 Å². The number of halogens is 2. The molecule has 16 aromatic rings. The summed E-state index contributed by atoms with van der Waals surface area (Å²) < 4.78 is 25.1. The standard InChI is InChI=1S/C76H42N4O4.2ClH/c77-1-5-81-9-11-83-7-3-79-13-73-65-49-37-25-17-18-22-19-23-31-39(27(19)25)51(49)67(73)57-45(31)36-44-34(23)42-30(22)38-26(18)28-20-21(17)29(37)41-33-24(20)32-40(28)52-50(38)66-54(42)56(44)70-62-47(36)59(57)71-63-61-48-35(43(33)55(53(41)65)69(61)75(71,73)15-79)46(32)58-60(48)72(64(62)63)76(70)16-80(14-74(66,76)68(52)58)4-8-84-12-10-82-6-2-78;;/h31,45,53,63-65H,1-16,77-78H2;2*1H. The van der Waals surface area contributed by atoms with E-state index in [4.69, 9.17) is 30.4 Å². The van der Waals surface area contributed by atoms with Gasteiger partial charge in [-0.15, -0.1) is 24.8 Å². The van der Waals surface area contributed by atoms with Gasteiger partial charge in [0.05, 0.1) is 58.3 Å². The zero-order valence-corrected chi connectivity index (χ0v) is 47.9. The van der Waals surface area contributed by atoms with Gasteiger partial charge in [0, 0.05) is 104 Å². The second-order valence-electron chi connectivity index (χ2n) is 31.2. The first kappa shape index (κ1) is 41.1. The van der Waals surface area contributed by atoms with E-state index in [1.807, 2.05) is 106 Å². The molecule has 10 heteroatoms. The first-order valence-corrected chi connectivity index (χ1v) is 32.7. The monoisotopic (exact) mass is 1150 g/mol. The minimum Gasteiger partial charge on any atom is -0.378 e. The number of benzene rings is 11. The van der Waals surface area contributed by atoms with Crippen molar-refractivity contribution in [2.45, 2.75) is 51.8 Å². The number of hydrogen-bond donors (Lipinski definition) is 2. The van der Waals surface area contributed by atoms with Gasteiger partial charge in [-0.05, 0) is 273 Å². The molecule has 0 radical (unpaired) electrons. The van der Waals surface area contributed by atoms with Gasteiger partial charge in [-0.25, -0.2) is 0 Å². The van der Waals surface area contributed by atoms with Crippen LogP contribution in [-0.2, 0) is 35.2 Å². The lowest BCUT2D eigenvalue weighted by Crippen LogP contribution is -2.54. The molecule has 406 valence electrons.